The molecule has 160 valence electrons. The summed E-state index contributed by atoms with van der Waals surface area (Å²) in [5.74, 6) is -0.563. The number of carbonyl (C=O) groups is 1. The molecule has 0 saturated carbocycles. The minimum atomic E-state index is -4.50. The van der Waals surface area contributed by atoms with Gasteiger partial charge in [0, 0.05) is 19.2 Å². The molecule has 0 saturated heterocycles. The van der Waals surface area contributed by atoms with Crippen LogP contribution < -0.4 is 5.32 Å². The molecule has 0 bridgehead atoms. The standard InChI is InChI=1S/C18H24F3N3O2.2ClH/c1-2-5-13(7-8-16(25)26)9-10-22-12-14-17(18(19,20)21)23-15-6-3-4-11-24(14)15;;/h3-4,6,11,13,22H,2,5,7-10,12H2,1H3,(H,25,26);2*1H. The smallest absolute Gasteiger partial charge is 0.435 e. The van der Waals surface area contributed by atoms with Crippen LogP contribution in [-0.4, -0.2) is 27.0 Å². The van der Waals surface area contributed by atoms with E-state index in [1.165, 1.54) is 4.40 Å². The van der Waals surface area contributed by atoms with Crippen molar-refractivity contribution in [1.29, 1.82) is 0 Å². The van der Waals surface area contributed by atoms with E-state index in [9.17, 15) is 18.0 Å². The second kappa shape index (κ2) is 12.1. The normalized spacial score (nSPS) is 12.3. The number of rotatable bonds is 10. The first kappa shape index (κ1) is 26.5. The Morgan fingerprint density at radius 1 is 1.25 bits per heavy atom. The molecule has 2 aromatic rings. The molecule has 0 fully saturated rings. The van der Waals surface area contributed by atoms with E-state index in [1.807, 2.05) is 6.92 Å². The third-order valence-electron chi connectivity index (χ3n) is 4.38. The topological polar surface area (TPSA) is 66.6 Å². The zero-order chi connectivity index (χ0) is 19.2. The van der Waals surface area contributed by atoms with Crippen LogP contribution in [0.3, 0.4) is 0 Å². The molecule has 0 radical (unpaired) electrons. The Morgan fingerprint density at radius 2 is 1.96 bits per heavy atom. The second-order valence-electron chi connectivity index (χ2n) is 6.39. The summed E-state index contributed by atoms with van der Waals surface area (Å²) in [6, 6.07) is 4.86. The van der Waals surface area contributed by atoms with Crippen molar-refractivity contribution in [1.82, 2.24) is 14.7 Å². The summed E-state index contributed by atoms with van der Waals surface area (Å²) in [7, 11) is 0. The van der Waals surface area contributed by atoms with Gasteiger partial charge in [-0.3, -0.25) is 4.79 Å². The molecule has 2 aromatic heterocycles. The number of carboxylic acids is 1. The molecule has 2 rings (SSSR count). The van der Waals surface area contributed by atoms with Crippen LogP contribution in [0.2, 0.25) is 0 Å². The summed E-state index contributed by atoms with van der Waals surface area (Å²) in [5, 5.41) is 11.9. The summed E-state index contributed by atoms with van der Waals surface area (Å²) in [6.45, 7) is 2.62. The molecule has 0 amide bonds. The molecule has 2 N–H and O–H groups in total. The number of hydrogen-bond donors (Lipinski definition) is 2. The summed E-state index contributed by atoms with van der Waals surface area (Å²) in [6.07, 6.45) is 0.383. The van der Waals surface area contributed by atoms with E-state index in [2.05, 4.69) is 10.3 Å². The van der Waals surface area contributed by atoms with E-state index in [1.54, 1.807) is 24.4 Å². The fourth-order valence-corrected chi connectivity index (χ4v) is 3.12. The zero-order valence-corrected chi connectivity index (χ0v) is 17.2. The molecule has 28 heavy (non-hydrogen) atoms. The van der Waals surface area contributed by atoms with Crippen LogP contribution in [0, 0.1) is 5.92 Å². The highest BCUT2D eigenvalue weighted by molar-refractivity contribution is 5.85. The quantitative estimate of drug-likeness (QED) is 0.509. The predicted molar refractivity (Wildman–Crippen MR) is 106 cm³/mol. The van der Waals surface area contributed by atoms with Gasteiger partial charge in [0.1, 0.15) is 5.65 Å². The van der Waals surface area contributed by atoms with E-state index in [4.69, 9.17) is 5.11 Å². The first-order valence-corrected chi connectivity index (χ1v) is 8.78. The van der Waals surface area contributed by atoms with Gasteiger partial charge in [0.2, 0.25) is 0 Å². The number of nitrogens with zero attached hydrogens (tertiary/aromatic N) is 2. The van der Waals surface area contributed by atoms with Crippen LogP contribution in [0.1, 0.15) is 50.4 Å². The van der Waals surface area contributed by atoms with Gasteiger partial charge in [0.05, 0.1) is 5.69 Å². The lowest BCUT2D eigenvalue weighted by molar-refractivity contribution is -0.141. The Bertz CT molecular complexity index is 738. The van der Waals surface area contributed by atoms with Crippen LogP contribution in [0.4, 0.5) is 13.2 Å². The zero-order valence-electron chi connectivity index (χ0n) is 15.5. The third kappa shape index (κ3) is 7.48. The highest BCUT2D eigenvalue weighted by Crippen LogP contribution is 2.31. The summed E-state index contributed by atoms with van der Waals surface area (Å²) in [5.41, 5.74) is -0.514. The Labute approximate surface area is 174 Å². The van der Waals surface area contributed by atoms with Crippen molar-refractivity contribution in [3.8, 4) is 0 Å². The van der Waals surface area contributed by atoms with Gasteiger partial charge in [-0.05, 0) is 37.4 Å². The first-order valence-electron chi connectivity index (χ1n) is 8.78. The summed E-state index contributed by atoms with van der Waals surface area (Å²) >= 11 is 0. The fourth-order valence-electron chi connectivity index (χ4n) is 3.12. The van der Waals surface area contributed by atoms with Crippen molar-refractivity contribution >= 4 is 36.4 Å². The number of carboxylic acid groups (broad SMARTS) is 1. The van der Waals surface area contributed by atoms with E-state index in [0.717, 1.165) is 19.3 Å². The van der Waals surface area contributed by atoms with E-state index in [-0.39, 0.29) is 55.0 Å². The number of nitrogens with one attached hydrogen (secondary N) is 1. The SMILES string of the molecule is CCCC(CCNCc1c(C(F)(F)F)nc2ccccn12)CCC(=O)O.Cl.Cl. The highest BCUT2D eigenvalue weighted by atomic mass is 35.5. The average molecular weight is 444 g/mol. The van der Waals surface area contributed by atoms with Crippen molar-refractivity contribution in [2.75, 3.05) is 6.54 Å². The number of alkyl halides is 3. The lowest BCUT2D eigenvalue weighted by Gasteiger charge is -2.16. The van der Waals surface area contributed by atoms with Gasteiger partial charge in [-0.1, -0.05) is 25.8 Å². The minimum absolute atomic E-state index is 0. The van der Waals surface area contributed by atoms with E-state index >= 15 is 0 Å². The van der Waals surface area contributed by atoms with Crippen molar-refractivity contribution in [2.45, 2.75) is 51.7 Å². The van der Waals surface area contributed by atoms with Crippen LogP contribution in [0.5, 0.6) is 0 Å². The average Bonchev–Trinajstić information content (AvgIpc) is 2.95. The van der Waals surface area contributed by atoms with Crippen LogP contribution in [0.25, 0.3) is 5.65 Å². The molecule has 5 nitrogen and oxygen atoms in total. The molecule has 0 aliphatic heterocycles. The molecular weight excluding hydrogens is 418 g/mol. The van der Waals surface area contributed by atoms with E-state index < -0.39 is 17.8 Å². The highest BCUT2D eigenvalue weighted by Gasteiger charge is 2.37. The van der Waals surface area contributed by atoms with Crippen molar-refractivity contribution in [2.24, 2.45) is 5.92 Å². The molecule has 1 atom stereocenters. The molecule has 0 aliphatic rings. The monoisotopic (exact) mass is 443 g/mol. The van der Waals surface area contributed by atoms with Crippen molar-refractivity contribution in [3.63, 3.8) is 0 Å². The van der Waals surface area contributed by atoms with Gasteiger partial charge < -0.3 is 14.8 Å². The molecule has 2 heterocycles. The summed E-state index contributed by atoms with van der Waals surface area (Å²) in [4.78, 5) is 14.4. The number of hydrogen-bond acceptors (Lipinski definition) is 3. The molecule has 1 unspecified atom stereocenters. The van der Waals surface area contributed by atoms with Crippen LogP contribution in [0.15, 0.2) is 24.4 Å². The Kier molecular flexibility index (Phi) is 11.5. The first-order chi connectivity index (χ1) is 12.3. The maximum absolute atomic E-state index is 13.2. The van der Waals surface area contributed by atoms with E-state index in [0.29, 0.717) is 13.0 Å². The van der Waals surface area contributed by atoms with Crippen molar-refractivity contribution in [3.05, 3.63) is 35.8 Å². The molecular formula is C18H26Cl2F3N3O2. The predicted octanol–water partition coefficient (Wildman–Crippen LogP) is 4.96. The van der Waals surface area contributed by atoms with Crippen LogP contribution >= 0.6 is 24.8 Å². The number of imidazole rings is 1. The Hall–Kier alpha value is -1.51. The fraction of sp³-hybridized carbons (Fsp3) is 0.556. The van der Waals surface area contributed by atoms with Gasteiger partial charge in [0.25, 0.3) is 0 Å². The number of aliphatic carboxylic acids is 1. The van der Waals surface area contributed by atoms with Gasteiger partial charge in [-0.15, -0.1) is 24.8 Å². The number of fused-ring (bicyclic) bond motifs is 1. The molecule has 0 aromatic carbocycles. The number of aromatic nitrogens is 2. The van der Waals surface area contributed by atoms with Gasteiger partial charge in [-0.25, -0.2) is 4.98 Å². The van der Waals surface area contributed by atoms with Gasteiger partial charge >= 0.3 is 12.1 Å². The molecule has 10 heteroatoms. The maximum Gasteiger partial charge on any atom is 0.435 e. The largest absolute Gasteiger partial charge is 0.481 e. The van der Waals surface area contributed by atoms with Crippen LogP contribution in [-0.2, 0) is 17.5 Å². The van der Waals surface area contributed by atoms with Crippen molar-refractivity contribution < 1.29 is 23.1 Å². The number of pyridine rings is 1. The maximum atomic E-state index is 13.2. The summed E-state index contributed by atoms with van der Waals surface area (Å²) < 4.78 is 41.2. The van der Waals surface area contributed by atoms with Gasteiger partial charge in [0.15, 0.2) is 5.69 Å². The molecule has 0 aliphatic carbocycles. The minimum Gasteiger partial charge on any atom is -0.481 e. The lowest BCUT2D eigenvalue weighted by atomic mass is 9.94. The Balaban J connectivity index is 0.00000364. The second-order valence-corrected chi connectivity index (χ2v) is 6.39. The third-order valence-corrected chi connectivity index (χ3v) is 4.38. The van der Waals surface area contributed by atoms with Gasteiger partial charge in [-0.2, -0.15) is 13.2 Å². The number of halogens is 5. The Morgan fingerprint density at radius 3 is 2.57 bits per heavy atom. The molecule has 0 spiro atoms. The lowest BCUT2D eigenvalue weighted by Crippen LogP contribution is -2.21.